The molecule has 0 aliphatic heterocycles. The first-order valence-corrected chi connectivity index (χ1v) is 32.3. The van der Waals surface area contributed by atoms with E-state index < -0.39 is 6.10 Å². The predicted molar refractivity (Wildman–Crippen MR) is 321 cm³/mol. The van der Waals surface area contributed by atoms with Gasteiger partial charge in [-0.1, -0.05) is 274 Å². The summed E-state index contributed by atoms with van der Waals surface area (Å²) in [6.45, 7) is 6.59. The van der Waals surface area contributed by atoms with Crippen LogP contribution in [0, 0.1) is 0 Å². The van der Waals surface area contributed by atoms with Crippen molar-refractivity contribution in [2.75, 3.05) is 13.2 Å². The maximum atomic E-state index is 12.9. The van der Waals surface area contributed by atoms with Crippen LogP contribution < -0.4 is 0 Å². The summed E-state index contributed by atoms with van der Waals surface area (Å²) in [7, 11) is 0. The van der Waals surface area contributed by atoms with E-state index in [1.165, 1.54) is 212 Å². The standard InChI is InChI=1S/C68H122O6/c1-4-7-10-13-16-19-22-24-26-28-29-30-31-32-33-34-35-36-37-38-39-41-42-44-46-49-52-55-58-61-67(70)73-64-65(63-72-66(69)60-57-54-51-48-21-18-15-12-9-6-3)74-68(71)62-59-56-53-50-47-45-43-40-27-25-23-20-17-14-11-8-5-2/h12,15,22,24-25,27-29,31-32,65H,4-11,13-14,16-21,23,26,30,33-64H2,1-3H3/b15-12-,24-22-,27-25-,29-28-,32-31-. The fourth-order valence-electron chi connectivity index (χ4n) is 9.33. The van der Waals surface area contributed by atoms with E-state index in [1.54, 1.807) is 0 Å². The first-order valence-electron chi connectivity index (χ1n) is 32.3. The molecule has 0 rings (SSSR count). The van der Waals surface area contributed by atoms with Crippen LogP contribution in [0.1, 0.15) is 335 Å². The molecule has 0 aromatic carbocycles. The molecule has 1 atom stereocenters. The number of ether oxygens (including phenoxy) is 3. The first kappa shape index (κ1) is 71.1. The Bertz CT molecular complexity index is 1330. The van der Waals surface area contributed by atoms with E-state index in [0.29, 0.717) is 19.3 Å². The molecule has 0 bridgehead atoms. The third-order valence-electron chi connectivity index (χ3n) is 14.2. The van der Waals surface area contributed by atoms with E-state index in [1.807, 2.05) is 0 Å². The van der Waals surface area contributed by atoms with Gasteiger partial charge in [-0.15, -0.1) is 0 Å². The lowest BCUT2D eigenvalue weighted by atomic mass is 10.0. The zero-order valence-electron chi connectivity index (χ0n) is 49.4. The molecule has 0 N–H and O–H groups in total. The molecule has 0 heterocycles. The third-order valence-corrected chi connectivity index (χ3v) is 14.2. The van der Waals surface area contributed by atoms with Gasteiger partial charge in [0.25, 0.3) is 0 Å². The summed E-state index contributed by atoms with van der Waals surface area (Å²) >= 11 is 0. The van der Waals surface area contributed by atoms with Gasteiger partial charge in [-0.25, -0.2) is 0 Å². The highest BCUT2D eigenvalue weighted by Crippen LogP contribution is 2.17. The van der Waals surface area contributed by atoms with Gasteiger partial charge in [-0.05, 0) is 103 Å². The Morgan fingerprint density at radius 1 is 0.270 bits per heavy atom. The van der Waals surface area contributed by atoms with Crippen molar-refractivity contribution in [3.8, 4) is 0 Å². The van der Waals surface area contributed by atoms with Gasteiger partial charge < -0.3 is 14.2 Å². The number of carbonyl (C=O) groups excluding carboxylic acids is 3. The van der Waals surface area contributed by atoms with Gasteiger partial charge in [0.15, 0.2) is 6.10 Å². The van der Waals surface area contributed by atoms with Crippen molar-refractivity contribution in [1.82, 2.24) is 0 Å². The summed E-state index contributed by atoms with van der Waals surface area (Å²) < 4.78 is 16.9. The highest BCUT2D eigenvalue weighted by atomic mass is 16.6. The van der Waals surface area contributed by atoms with E-state index in [9.17, 15) is 14.4 Å². The number of carbonyl (C=O) groups is 3. The van der Waals surface area contributed by atoms with Crippen LogP contribution in [0.4, 0.5) is 0 Å². The predicted octanol–water partition coefficient (Wildman–Crippen LogP) is 21.9. The number of hydrogen-bond acceptors (Lipinski definition) is 6. The molecule has 6 heteroatoms. The third kappa shape index (κ3) is 60.0. The van der Waals surface area contributed by atoms with Gasteiger partial charge >= 0.3 is 17.9 Å². The van der Waals surface area contributed by atoms with Gasteiger partial charge in [0.1, 0.15) is 13.2 Å². The summed E-state index contributed by atoms with van der Waals surface area (Å²) in [5, 5.41) is 0. The minimum absolute atomic E-state index is 0.0767. The Balaban J connectivity index is 4.16. The summed E-state index contributed by atoms with van der Waals surface area (Å²) in [6, 6.07) is 0. The Morgan fingerprint density at radius 2 is 0.514 bits per heavy atom. The molecule has 0 aromatic heterocycles. The molecule has 0 saturated heterocycles. The lowest BCUT2D eigenvalue weighted by Crippen LogP contribution is -2.30. The van der Waals surface area contributed by atoms with Crippen LogP contribution in [0.5, 0.6) is 0 Å². The van der Waals surface area contributed by atoms with Crippen LogP contribution in [-0.2, 0) is 28.6 Å². The van der Waals surface area contributed by atoms with Gasteiger partial charge in [-0.3, -0.25) is 14.4 Å². The Hall–Kier alpha value is -2.89. The maximum Gasteiger partial charge on any atom is 0.306 e. The van der Waals surface area contributed by atoms with Gasteiger partial charge in [0.2, 0.25) is 0 Å². The Labute approximate surface area is 460 Å². The maximum absolute atomic E-state index is 12.9. The van der Waals surface area contributed by atoms with Crippen LogP contribution >= 0.6 is 0 Å². The summed E-state index contributed by atoms with van der Waals surface area (Å²) in [4.78, 5) is 38.2. The van der Waals surface area contributed by atoms with E-state index in [0.717, 1.165) is 83.5 Å². The normalized spacial score (nSPS) is 12.4. The first-order chi connectivity index (χ1) is 36.5. The van der Waals surface area contributed by atoms with Crippen molar-refractivity contribution in [2.24, 2.45) is 0 Å². The summed E-state index contributed by atoms with van der Waals surface area (Å²) in [6.07, 6.45) is 79.6. The van der Waals surface area contributed by atoms with Crippen LogP contribution in [-0.4, -0.2) is 37.2 Å². The fourth-order valence-corrected chi connectivity index (χ4v) is 9.33. The molecule has 0 aliphatic carbocycles. The number of hydrogen-bond donors (Lipinski definition) is 0. The minimum atomic E-state index is -0.779. The minimum Gasteiger partial charge on any atom is -0.462 e. The zero-order chi connectivity index (χ0) is 53.6. The van der Waals surface area contributed by atoms with Crippen molar-refractivity contribution in [2.45, 2.75) is 341 Å². The zero-order valence-corrected chi connectivity index (χ0v) is 49.4. The smallest absolute Gasteiger partial charge is 0.306 e. The second-order valence-electron chi connectivity index (χ2n) is 21.7. The number of unbranched alkanes of at least 4 members (excludes halogenated alkanes) is 38. The molecular formula is C68H122O6. The van der Waals surface area contributed by atoms with E-state index >= 15 is 0 Å². The molecule has 0 aromatic rings. The lowest BCUT2D eigenvalue weighted by molar-refractivity contribution is -0.167. The highest BCUT2D eigenvalue weighted by Gasteiger charge is 2.19. The summed E-state index contributed by atoms with van der Waals surface area (Å²) in [5.74, 6) is -0.878. The van der Waals surface area contributed by atoms with Crippen molar-refractivity contribution < 1.29 is 28.6 Å². The highest BCUT2D eigenvalue weighted by molar-refractivity contribution is 5.71. The van der Waals surface area contributed by atoms with Crippen LogP contribution in [0.15, 0.2) is 60.8 Å². The average molecular weight is 1040 g/mol. The quantitative estimate of drug-likeness (QED) is 0.0261. The van der Waals surface area contributed by atoms with E-state index in [-0.39, 0.29) is 31.1 Å². The largest absolute Gasteiger partial charge is 0.462 e. The van der Waals surface area contributed by atoms with Gasteiger partial charge in [-0.2, -0.15) is 0 Å². The second-order valence-corrected chi connectivity index (χ2v) is 21.7. The van der Waals surface area contributed by atoms with Crippen molar-refractivity contribution in [1.29, 1.82) is 0 Å². The topological polar surface area (TPSA) is 78.9 Å². The van der Waals surface area contributed by atoms with E-state index in [2.05, 4.69) is 81.5 Å². The van der Waals surface area contributed by atoms with E-state index in [4.69, 9.17) is 14.2 Å². The molecule has 1 unspecified atom stereocenters. The van der Waals surface area contributed by atoms with Gasteiger partial charge in [0, 0.05) is 19.3 Å². The van der Waals surface area contributed by atoms with Crippen molar-refractivity contribution in [3.05, 3.63) is 60.8 Å². The van der Waals surface area contributed by atoms with Crippen molar-refractivity contribution >= 4 is 17.9 Å². The molecular weight excluding hydrogens is 913 g/mol. The van der Waals surface area contributed by atoms with Crippen LogP contribution in [0.25, 0.3) is 0 Å². The fraction of sp³-hybridized carbons (Fsp3) is 0.809. The molecule has 6 nitrogen and oxygen atoms in total. The average Bonchev–Trinajstić information content (AvgIpc) is 3.40. The molecule has 0 saturated carbocycles. The molecule has 0 amide bonds. The monoisotopic (exact) mass is 1030 g/mol. The number of rotatable bonds is 59. The molecule has 0 aliphatic rings. The van der Waals surface area contributed by atoms with Crippen LogP contribution in [0.2, 0.25) is 0 Å². The second kappa shape index (κ2) is 62.6. The molecule has 0 radical (unpaired) electrons. The molecule has 430 valence electrons. The Morgan fingerprint density at radius 3 is 0.824 bits per heavy atom. The SMILES string of the molecule is CCC/C=C\CCCCCCCC(=O)OCC(COC(=O)CCCCCCCCCCCCCCCC/C=C\C/C=C\C/C=C\CCCCCCC)OC(=O)CCCCCCCCC/C=C\CCCCCCCC. The van der Waals surface area contributed by atoms with Crippen molar-refractivity contribution in [3.63, 3.8) is 0 Å². The summed E-state index contributed by atoms with van der Waals surface area (Å²) in [5.41, 5.74) is 0. The Kier molecular flexibility index (Phi) is 60.2. The molecule has 0 fully saturated rings. The lowest BCUT2D eigenvalue weighted by Gasteiger charge is -2.18. The van der Waals surface area contributed by atoms with Crippen LogP contribution in [0.3, 0.4) is 0 Å². The number of esters is 3. The number of allylic oxidation sites excluding steroid dienone is 10. The molecule has 74 heavy (non-hydrogen) atoms. The van der Waals surface area contributed by atoms with Gasteiger partial charge in [0.05, 0.1) is 0 Å². The molecule has 0 spiro atoms.